The van der Waals surface area contributed by atoms with Gasteiger partial charge in [-0.15, -0.1) is 0 Å². The molecule has 4 unspecified atom stereocenters. The first-order chi connectivity index (χ1) is 9.02. The molecule has 0 saturated heterocycles. The van der Waals surface area contributed by atoms with Crippen molar-refractivity contribution in [1.29, 1.82) is 0 Å². The van der Waals surface area contributed by atoms with E-state index in [2.05, 4.69) is 39.1 Å². The van der Waals surface area contributed by atoms with E-state index >= 15 is 0 Å². The number of nitrogens with one attached hydrogen (secondary N) is 1. The van der Waals surface area contributed by atoms with E-state index < -0.39 is 0 Å². The van der Waals surface area contributed by atoms with Gasteiger partial charge in [-0.25, -0.2) is 0 Å². The summed E-state index contributed by atoms with van der Waals surface area (Å²) < 4.78 is 5.74. The molecule has 1 saturated carbocycles. The third kappa shape index (κ3) is 3.22. The summed E-state index contributed by atoms with van der Waals surface area (Å²) in [5.74, 6) is 4.60. The summed E-state index contributed by atoms with van der Waals surface area (Å²) in [5, 5.41) is 3.70. The normalized spacial score (nSPS) is 29.4. The predicted molar refractivity (Wildman–Crippen MR) is 80.3 cm³/mol. The molecule has 0 amide bonds. The molecular formula is C17H29NO. The van der Waals surface area contributed by atoms with Crippen molar-refractivity contribution in [3.05, 3.63) is 23.2 Å². The Balaban J connectivity index is 2.18. The number of furan rings is 1. The zero-order chi connectivity index (χ0) is 14.0. The molecule has 0 bridgehead atoms. The highest BCUT2D eigenvalue weighted by Crippen LogP contribution is 2.41. The van der Waals surface area contributed by atoms with Crippen molar-refractivity contribution in [2.45, 2.75) is 59.9 Å². The molecule has 0 aromatic carbocycles. The monoisotopic (exact) mass is 263 g/mol. The summed E-state index contributed by atoms with van der Waals surface area (Å²) in [6.45, 7) is 12.2. The Morgan fingerprint density at radius 1 is 1.26 bits per heavy atom. The highest BCUT2D eigenvalue weighted by atomic mass is 16.3. The minimum absolute atomic E-state index is 0.470. The van der Waals surface area contributed by atoms with Gasteiger partial charge in [0.15, 0.2) is 0 Å². The third-order valence-corrected chi connectivity index (χ3v) is 4.95. The van der Waals surface area contributed by atoms with Gasteiger partial charge in [-0.05, 0) is 57.1 Å². The second-order valence-corrected chi connectivity index (χ2v) is 6.43. The number of rotatable bonds is 4. The van der Waals surface area contributed by atoms with E-state index in [1.165, 1.54) is 24.8 Å². The van der Waals surface area contributed by atoms with Gasteiger partial charge in [0.25, 0.3) is 0 Å². The van der Waals surface area contributed by atoms with E-state index in [1.807, 2.05) is 6.92 Å². The SMILES string of the molecule is CCNC(c1cc(C)oc1C)C1CCC(C)C(C)C1. The van der Waals surface area contributed by atoms with Gasteiger partial charge in [0, 0.05) is 11.6 Å². The first-order valence-corrected chi connectivity index (χ1v) is 7.83. The molecule has 2 nitrogen and oxygen atoms in total. The van der Waals surface area contributed by atoms with Crippen LogP contribution in [0.1, 0.15) is 63.2 Å². The van der Waals surface area contributed by atoms with Crippen LogP contribution < -0.4 is 5.32 Å². The molecule has 0 spiro atoms. The Morgan fingerprint density at radius 2 is 2.00 bits per heavy atom. The average Bonchev–Trinajstić information content (AvgIpc) is 2.69. The van der Waals surface area contributed by atoms with Crippen LogP contribution in [0.2, 0.25) is 0 Å². The molecule has 1 N–H and O–H groups in total. The minimum Gasteiger partial charge on any atom is -0.466 e. The highest BCUT2D eigenvalue weighted by molar-refractivity contribution is 5.25. The molecule has 1 aliphatic carbocycles. The van der Waals surface area contributed by atoms with E-state index in [1.54, 1.807) is 0 Å². The molecule has 0 aliphatic heterocycles. The van der Waals surface area contributed by atoms with Crippen LogP contribution in [0.5, 0.6) is 0 Å². The quantitative estimate of drug-likeness (QED) is 0.857. The maximum absolute atomic E-state index is 5.74. The molecule has 2 heteroatoms. The number of aryl methyl sites for hydroxylation is 2. The Labute approximate surface area is 118 Å². The summed E-state index contributed by atoms with van der Waals surface area (Å²) in [6.07, 6.45) is 4.04. The van der Waals surface area contributed by atoms with Gasteiger partial charge in [0.2, 0.25) is 0 Å². The first-order valence-electron chi connectivity index (χ1n) is 7.83. The lowest BCUT2D eigenvalue weighted by Gasteiger charge is -2.37. The van der Waals surface area contributed by atoms with Crippen molar-refractivity contribution in [2.75, 3.05) is 6.54 Å². The van der Waals surface area contributed by atoms with Gasteiger partial charge >= 0.3 is 0 Å². The van der Waals surface area contributed by atoms with Crippen molar-refractivity contribution in [3.63, 3.8) is 0 Å². The Morgan fingerprint density at radius 3 is 2.53 bits per heavy atom. The largest absolute Gasteiger partial charge is 0.466 e. The van der Waals surface area contributed by atoms with E-state index in [0.29, 0.717) is 6.04 Å². The standard InChI is InChI=1S/C17H29NO/c1-6-18-17(16-10-13(4)19-14(16)5)15-8-7-11(2)12(3)9-15/h10-12,15,17-18H,6-9H2,1-5H3. The molecule has 0 radical (unpaired) electrons. The molecule has 1 fully saturated rings. The third-order valence-electron chi connectivity index (χ3n) is 4.95. The molecule has 1 aliphatic rings. The highest BCUT2D eigenvalue weighted by Gasteiger charge is 2.32. The van der Waals surface area contributed by atoms with E-state index in [9.17, 15) is 0 Å². The average molecular weight is 263 g/mol. The molecule has 1 aromatic rings. The minimum atomic E-state index is 0.470. The molecule has 108 valence electrons. The van der Waals surface area contributed by atoms with Crippen LogP contribution >= 0.6 is 0 Å². The van der Waals surface area contributed by atoms with Crippen LogP contribution in [0.15, 0.2) is 10.5 Å². The lowest BCUT2D eigenvalue weighted by molar-refractivity contribution is 0.171. The number of hydrogen-bond donors (Lipinski definition) is 1. The van der Waals surface area contributed by atoms with Crippen molar-refractivity contribution < 1.29 is 4.42 Å². The zero-order valence-corrected chi connectivity index (χ0v) is 13.1. The molecule has 2 rings (SSSR count). The van der Waals surface area contributed by atoms with Gasteiger partial charge < -0.3 is 9.73 Å². The van der Waals surface area contributed by atoms with E-state index in [-0.39, 0.29) is 0 Å². The fourth-order valence-electron chi connectivity index (χ4n) is 3.60. The summed E-state index contributed by atoms with van der Waals surface area (Å²) in [5.41, 5.74) is 1.38. The van der Waals surface area contributed by atoms with Crippen molar-refractivity contribution in [1.82, 2.24) is 5.32 Å². The summed E-state index contributed by atoms with van der Waals surface area (Å²) in [6, 6.07) is 2.70. The van der Waals surface area contributed by atoms with Gasteiger partial charge in [0.1, 0.15) is 11.5 Å². The topological polar surface area (TPSA) is 25.2 Å². The molecule has 1 aromatic heterocycles. The molecule has 1 heterocycles. The summed E-state index contributed by atoms with van der Waals surface area (Å²) in [7, 11) is 0. The predicted octanol–water partition coefficient (Wildman–Crippen LogP) is 4.62. The number of hydrogen-bond acceptors (Lipinski definition) is 2. The van der Waals surface area contributed by atoms with Crippen LogP contribution in [0.3, 0.4) is 0 Å². The van der Waals surface area contributed by atoms with Crippen LogP contribution in [0.4, 0.5) is 0 Å². The maximum atomic E-state index is 5.74. The fourth-order valence-corrected chi connectivity index (χ4v) is 3.60. The van der Waals surface area contributed by atoms with Crippen molar-refractivity contribution in [3.8, 4) is 0 Å². The lowest BCUT2D eigenvalue weighted by atomic mass is 9.72. The summed E-state index contributed by atoms with van der Waals surface area (Å²) in [4.78, 5) is 0. The van der Waals surface area contributed by atoms with Gasteiger partial charge in [-0.1, -0.05) is 27.2 Å². The van der Waals surface area contributed by atoms with Crippen LogP contribution in [-0.2, 0) is 0 Å². The molecule has 4 atom stereocenters. The van der Waals surface area contributed by atoms with Gasteiger partial charge in [0.05, 0.1) is 0 Å². The van der Waals surface area contributed by atoms with Gasteiger partial charge in [-0.3, -0.25) is 0 Å². The molecule has 19 heavy (non-hydrogen) atoms. The summed E-state index contributed by atoms with van der Waals surface area (Å²) >= 11 is 0. The van der Waals surface area contributed by atoms with E-state index in [4.69, 9.17) is 4.42 Å². The van der Waals surface area contributed by atoms with E-state index in [0.717, 1.165) is 35.8 Å². The van der Waals surface area contributed by atoms with Crippen LogP contribution in [0, 0.1) is 31.6 Å². The second-order valence-electron chi connectivity index (χ2n) is 6.43. The van der Waals surface area contributed by atoms with Crippen molar-refractivity contribution >= 4 is 0 Å². The zero-order valence-electron chi connectivity index (χ0n) is 13.1. The molecular weight excluding hydrogens is 234 g/mol. The second kappa shape index (κ2) is 6.13. The Kier molecular flexibility index (Phi) is 4.72. The fraction of sp³-hybridized carbons (Fsp3) is 0.765. The smallest absolute Gasteiger partial charge is 0.105 e. The first kappa shape index (κ1) is 14.6. The van der Waals surface area contributed by atoms with Crippen LogP contribution in [-0.4, -0.2) is 6.54 Å². The Bertz CT molecular complexity index is 409. The lowest BCUT2D eigenvalue weighted by Crippen LogP contribution is -2.33. The van der Waals surface area contributed by atoms with Crippen molar-refractivity contribution in [2.24, 2.45) is 17.8 Å². The van der Waals surface area contributed by atoms with Crippen LogP contribution in [0.25, 0.3) is 0 Å². The van der Waals surface area contributed by atoms with Gasteiger partial charge in [-0.2, -0.15) is 0 Å². The maximum Gasteiger partial charge on any atom is 0.105 e. The Hall–Kier alpha value is -0.760.